The number of likely N-dealkylation sites (tertiary alicyclic amines) is 1. The fourth-order valence-corrected chi connectivity index (χ4v) is 4.26. The monoisotopic (exact) mass is 372 g/mol. The molecule has 2 fully saturated rings. The van der Waals surface area contributed by atoms with Crippen LogP contribution in [0.5, 0.6) is 0 Å². The lowest BCUT2D eigenvalue weighted by Gasteiger charge is -2.42. The highest BCUT2D eigenvalue weighted by atomic mass is 19.1. The molecule has 0 aromatic rings. The Bertz CT molecular complexity index is 676. The van der Waals surface area contributed by atoms with E-state index >= 15 is 0 Å². The molecule has 3 aliphatic rings. The van der Waals surface area contributed by atoms with Gasteiger partial charge in [0.1, 0.15) is 5.83 Å². The van der Waals surface area contributed by atoms with Gasteiger partial charge < -0.3 is 10.7 Å². The van der Waals surface area contributed by atoms with E-state index in [1.165, 1.54) is 19.3 Å². The Morgan fingerprint density at radius 1 is 1.41 bits per heavy atom. The molecule has 0 bridgehead atoms. The van der Waals surface area contributed by atoms with E-state index in [-0.39, 0.29) is 18.0 Å². The Morgan fingerprint density at radius 3 is 2.96 bits per heavy atom. The van der Waals surface area contributed by atoms with Gasteiger partial charge in [-0.25, -0.2) is 9.82 Å². The molecule has 3 N–H and O–H groups in total. The van der Waals surface area contributed by atoms with Crippen LogP contribution in [0.3, 0.4) is 0 Å². The van der Waals surface area contributed by atoms with Crippen molar-refractivity contribution < 1.29 is 4.39 Å². The lowest BCUT2D eigenvalue weighted by atomic mass is 9.83. The molecule has 3 rings (SSSR count). The molecule has 3 aliphatic heterocycles. The number of halogens is 1. The van der Waals surface area contributed by atoms with Gasteiger partial charge in [-0.1, -0.05) is 45.1 Å². The molecular weight excluding hydrogens is 339 g/mol. The zero-order chi connectivity index (χ0) is 19.4. The minimum Gasteiger partial charge on any atom is -0.366 e. The first-order valence-electron chi connectivity index (χ1n) is 10.2. The molecule has 2 saturated heterocycles. The molecule has 0 spiro atoms. The number of piperidine rings is 1. The first-order valence-corrected chi connectivity index (χ1v) is 10.2. The standard InChI is InChI=1S/C22H33FN4/c1-5-7-9-18-16(4)25-26-21(18)22-19(23)10-11-20(24-22)27-13-12-15(3)17(14-27)8-6-2/h5,7,9-11,15,17,20-21,24-26H,4,6,8,12-14H2,1-3H3/b7-5-,18-9+. The van der Waals surface area contributed by atoms with Crippen LogP contribution in [0.15, 0.2) is 59.8 Å². The van der Waals surface area contributed by atoms with Crippen LogP contribution in [0.25, 0.3) is 0 Å². The molecule has 0 aromatic heterocycles. The van der Waals surface area contributed by atoms with Crippen molar-refractivity contribution in [2.24, 2.45) is 11.8 Å². The average molecular weight is 373 g/mol. The minimum atomic E-state index is -0.267. The van der Waals surface area contributed by atoms with Gasteiger partial charge in [0.15, 0.2) is 0 Å². The summed E-state index contributed by atoms with van der Waals surface area (Å²) in [5, 5.41) is 3.45. The third kappa shape index (κ3) is 4.36. The number of dihydropyridines is 1. The summed E-state index contributed by atoms with van der Waals surface area (Å²) in [7, 11) is 0. The summed E-state index contributed by atoms with van der Waals surface area (Å²) in [6.07, 6.45) is 13.2. The first-order chi connectivity index (χ1) is 13.0. The van der Waals surface area contributed by atoms with Crippen molar-refractivity contribution in [1.82, 2.24) is 21.1 Å². The number of rotatable bonds is 5. The van der Waals surface area contributed by atoms with E-state index in [1.54, 1.807) is 6.08 Å². The van der Waals surface area contributed by atoms with Crippen molar-refractivity contribution in [2.75, 3.05) is 13.1 Å². The molecule has 4 atom stereocenters. The van der Waals surface area contributed by atoms with Crippen LogP contribution in [-0.4, -0.2) is 30.2 Å². The molecule has 3 heterocycles. The van der Waals surface area contributed by atoms with Gasteiger partial charge in [0.25, 0.3) is 0 Å². The number of hydrogen-bond acceptors (Lipinski definition) is 4. The van der Waals surface area contributed by atoms with Crippen LogP contribution >= 0.6 is 0 Å². The summed E-state index contributed by atoms with van der Waals surface area (Å²) in [5.74, 6) is 1.26. The lowest BCUT2D eigenvalue weighted by Crippen LogP contribution is -2.53. The van der Waals surface area contributed by atoms with E-state index in [2.05, 4.69) is 41.5 Å². The molecule has 148 valence electrons. The highest BCUT2D eigenvalue weighted by molar-refractivity contribution is 5.46. The molecule has 0 aromatic carbocycles. The number of nitrogens with one attached hydrogen (secondary N) is 3. The molecule has 0 aliphatic carbocycles. The zero-order valence-corrected chi connectivity index (χ0v) is 16.8. The number of nitrogens with zero attached hydrogens (tertiary/aromatic N) is 1. The van der Waals surface area contributed by atoms with E-state index in [1.807, 2.05) is 31.2 Å². The fraction of sp³-hybridized carbons (Fsp3) is 0.545. The smallest absolute Gasteiger partial charge is 0.144 e. The van der Waals surface area contributed by atoms with E-state index < -0.39 is 0 Å². The van der Waals surface area contributed by atoms with Crippen LogP contribution in [0.4, 0.5) is 4.39 Å². The number of allylic oxidation sites excluding steroid dienone is 5. The second kappa shape index (κ2) is 8.89. The van der Waals surface area contributed by atoms with E-state index in [4.69, 9.17) is 0 Å². The normalized spacial score (nSPS) is 33.8. The molecule has 5 heteroatoms. The molecule has 0 saturated carbocycles. The van der Waals surface area contributed by atoms with Gasteiger partial charge >= 0.3 is 0 Å². The van der Waals surface area contributed by atoms with Crippen molar-refractivity contribution in [1.29, 1.82) is 0 Å². The van der Waals surface area contributed by atoms with Gasteiger partial charge in [0, 0.05) is 24.4 Å². The first kappa shape index (κ1) is 19.9. The Labute approximate surface area is 162 Å². The molecule has 4 nitrogen and oxygen atoms in total. The maximum absolute atomic E-state index is 14.7. The van der Waals surface area contributed by atoms with E-state index in [9.17, 15) is 4.39 Å². The Hall–Kier alpha value is -1.85. The van der Waals surface area contributed by atoms with E-state index in [0.29, 0.717) is 11.6 Å². The predicted molar refractivity (Wildman–Crippen MR) is 110 cm³/mol. The Balaban J connectivity index is 1.75. The van der Waals surface area contributed by atoms with Crippen molar-refractivity contribution in [3.63, 3.8) is 0 Å². The summed E-state index contributed by atoms with van der Waals surface area (Å²) in [5.41, 5.74) is 8.52. The molecule has 4 unspecified atom stereocenters. The Morgan fingerprint density at radius 2 is 2.22 bits per heavy atom. The summed E-state index contributed by atoms with van der Waals surface area (Å²) in [6.45, 7) is 12.7. The van der Waals surface area contributed by atoms with Crippen molar-refractivity contribution >= 4 is 0 Å². The van der Waals surface area contributed by atoms with Crippen molar-refractivity contribution in [2.45, 2.75) is 52.2 Å². The molecule has 0 amide bonds. The van der Waals surface area contributed by atoms with Gasteiger partial charge in [0.05, 0.1) is 17.9 Å². The van der Waals surface area contributed by atoms with Gasteiger partial charge in [-0.2, -0.15) is 0 Å². The topological polar surface area (TPSA) is 39.3 Å². The maximum Gasteiger partial charge on any atom is 0.144 e. The highest BCUT2D eigenvalue weighted by Gasteiger charge is 2.34. The average Bonchev–Trinajstić information content (AvgIpc) is 3.03. The summed E-state index contributed by atoms with van der Waals surface area (Å²) in [6, 6.07) is -0.267. The summed E-state index contributed by atoms with van der Waals surface area (Å²) < 4.78 is 14.7. The molecule has 27 heavy (non-hydrogen) atoms. The van der Waals surface area contributed by atoms with Crippen LogP contribution in [-0.2, 0) is 0 Å². The second-order valence-corrected chi connectivity index (χ2v) is 7.85. The largest absolute Gasteiger partial charge is 0.366 e. The third-order valence-corrected chi connectivity index (χ3v) is 5.97. The van der Waals surface area contributed by atoms with Gasteiger partial charge in [-0.15, -0.1) is 0 Å². The van der Waals surface area contributed by atoms with Crippen LogP contribution in [0, 0.1) is 11.8 Å². The van der Waals surface area contributed by atoms with Gasteiger partial charge in [-0.3, -0.25) is 4.90 Å². The van der Waals surface area contributed by atoms with Gasteiger partial charge in [-0.05, 0) is 43.8 Å². The quantitative estimate of drug-likeness (QED) is 0.684. The molecular formula is C22H33FN4. The SMILES string of the molecule is C=C1NNC(C2=C(F)C=CC(N3CCC(C)C(CCC)C3)N2)/C1=C/C=C\C. The van der Waals surface area contributed by atoms with E-state index in [0.717, 1.165) is 30.3 Å². The van der Waals surface area contributed by atoms with Gasteiger partial charge in [0.2, 0.25) is 0 Å². The van der Waals surface area contributed by atoms with Crippen LogP contribution in [0.2, 0.25) is 0 Å². The number of hydrazine groups is 1. The summed E-state index contributed by atoms with van der Waals surface area (Å²) >= 11 is 0. The van der Waals surface area contributed by atoms with Crippen molar-refractivity contribution in [3.05, 3.63) is 59.8 Å². The summed E-state index contributed by atoms with van der Waals surface area (Å²) in [4.78, 5) is 2.45. The maximum atomic E-state index is 14.7. The fourth-order valence-electron chi connectivity index (χ4n) is 4.26. The predicted octanol–water partition coefficient (Wildman–Crippen LogP) is 3.90. The third-order valence-electron chi connectivity index (χ3n) is 5.97. The minimum absolute atomic E-state index is 0.0324. The Kier molecular flexibility index (Phi) is 6.55. The zero-order valence-electron chi connectivity index (χ0n) is 16.8. The van der Waals surface area contributed by atoms with Crippen LogP contribution < -0.4 is 16.2 Å². The second-order valence-electron chi connectivity index (χ2n) is 7.85. The lowest BCUT2D eigenvalue weighted by molar-refractivity contribution is 0.0885. The van der Waals surface area contributed by atoms with Crippen molar-refractivity contribution in [3.8, 4) is 0 Å². The number of hydrogen-bond donors (Lipinski definition) is 3. The molecule has 0 radical (unpaired) electrons. The van der Waals surface area contributed by atoms with Crippen LogP contribution in [0.1, 0.15) is 40.0 Å². The highest BCUT2D eigenvalue weighted by Crippen LogP contribution is 2.31.